The highest BCUT2D eigenvalue weighted by atomic mass is 33.1. The van der Waals surface area contributed by atoms with Gasteiger partial charge in [-0.15, -0.1) is 5.06 Å². The molecule has 0 radical (unpaired) electrons. The Hall–Kier alpha value is -2.93. The normalized spacial score (nSPS) is 16.1. The van der Waals surface area contributed by atoms with Crippen molar-refractivity contribution in [3.8, 4) is 0 Å². The maximum atomic E-state index is 12.5. The molecule has 210 valence electrons. The molecule has 1 heterocycles. The van der Waals surface area contributed by atoms with Crippen molar-refractivity contribution in [2.75, 3.05) is 30.0 Å². The van der Waals surface area contributed by atoms with Gasteiger partial charge in [0, 0.05) is 36.3 Å². The van der Waals surface area contributed by atoms with Crippen molar-refractivity contribution in [3.63, 3.8) is 0 Å². The van der Waals surface area contributed by atoms with E-state index in [9.17, 15) is 38.0 Å². The first-order valence-electron chi connectivity index (χ1n) is 11.2. The number of carbonyl (C=O) groups excluding carboxylic acids is 3. The average Bonchev–Trinajstić information content (AvgIpc) is 3.14. The topological polar surface area (TPSA) is 221 Å². The monoisotopic (exact) mass is 592 g/mol. The van der Waals surface area contributed by atoms with Crippen molar-refractivity contribution in [2.24, 2.45) is 4.99 Å². The molecule has 1 saturated heterocycles. The fraction of sp³-hybridized carbons (Fsp3) is 0.500. The van der Waals surface area contributed by atoms with E-state index in [1.165, 1.54) is 39.8 Å². The molecular formula is C20H26N5O10S3-. The molecule has 3 N–H and O–H groups in total. The van der Waals surface area contributed by atoms with Gasteiger partial charge in [0.05, 0.1) is 23.3 Å². The summed E-state index contributed by atoms with van der Waals surface area (Å²) < 4.78 is 31.2. The summed E-state index contributed by atoms with van der Waals surface area (Å²) in [5, 5.41) is 21.8. The molecular weight excluding hydrogens is 566 g/mol. The summed E-state index contributed by atoms with van der Waals surface area (Å²) in [7, 11) is -2.34. The van der Waals surface area contributed by atoms with Crippen LogP contribution in [0.25, 0.3) is 0 Å². The molecule has 15 nitrogen and oxygen atoms in total. The zero-order chi connectivity index (χ0) is 28.3. The Morgan fingerprint density at radius 3 is 2.66 bits per heavy atom. The van der Waals surface area contributed by atoms with E-state index in [2.05, 4.69) is 20.7 Å². The largest absolute Gasteiger partial charge is 0.858 e. The Morgan fingerprint density at radius 1 is 1.32 bits per heavy atom. The minimum absolute atomic E-state index is 0.0358. The summed E-state index contributed by atoms with van der Waals surface area (Å²) in [6.45, 7) is 2.76. The molecule has 1 atom stereocenters. The van der Waals surface area contributed by atoms with Crippen molar-refractivity contribution in [3.05, 3.63) is 33.9 Å². The maximum Gasteiger partial charge on any atom is 0.334 e. The van der Waals surface area contributed by atoms with Crippen LogP contribution < -0.4 is 16.0 Å². The van der Waals surface area contributed by atoms with E-state index < -0.39 is 50.4 Å². The number of hydrazine groups is 1. The van der Waals surface area contributed by atoms with Gasteiger partial charge < -0.3 is 15.4 Å². The number of amides is 2. The molecule has 38 heavy (non-hydrogen) atoms. The van der Waals surface area contributed by atoms with E-state index in [0.29, 0.717) is 18.0 Å². The number of hydroxylamine groups is 2. The Balaban J connectivity index is 1.77. The number of nitro benzene ring substituents is 1. The Bertz CT molecular complexity index is 1180. The summed E-state index contributed by atoms with van der Waals surface area (Å²) in [5.74, 6) is -3.57. The van der Waals surface area contributed by atoms with Gasteiger partial charge >= 0.3 is 5.97 Å². The molecule has 0 spiro atoms. The lowest BCUT2D eigenvalue weighted by atomic mass is 10.1. The number of rotatable bonds is 16. The van der Waals surface area contributed by atoms with Crippen LogP contribution in [0.2, 0.25) is 0 Å². The molecule has 1 aliphatic heterocycles. The number of nitrogens with one attached hydrogen (secondary N) is 2. The van der Waals surface area contributed by atoms with Crippen molar-refractivity contribution in [2.45, 2.75) is 37.9 Å². The molecule has 2 amide bonds. The molecule has 0 aromatic heterocycles. The Kier molecular flexibility index (Phi) is 12.2. The fourth-order valence-corrected chi connectivity index (χ4v) is 5.48. The molecule has 2 rings (SSSR count). The van der Waals surface area contributed by atoms with E-state index in [-0.39, 0.29) is 35.0 Å². The zero-order valence-electron chi connectivity index (χ0n) is 20.2. The van der Waals surface area contributed by atoms with Crippen LogP contribution >= 0.6 is 21.6 Å². The van der Waals surface area contributed by atoms with E-state index in [1.54, 1.807) is 0 Å². The van der Waals surface area contributed by atoms with E-state index in [1.807, 2.05) is 6.92 Å². The van der Waals surface area contributed by atoms with E-state index in [0.717, 1.165) is 12.8 Å². The first-order chi connectivity index (χ1) is 18.0. The van der Waals surface area contributed by atoms with Crippen LogP contribution in [-0.4, -0.2) is 76.5 Å². The van der Waals surface area contributed by atoms with Crippen LogP contribution in [0.1, 0.15) is 38.2 Å². The van der Waals surface area contributed by atoms with E-state index in [4.69, 9.17) is 4.55 Å². The number of nitro groups is 1. The molecule has 18 heteroatoms. The maximum absolute atomic E-state index is 12.5. The van der Waals surface area contributed by atoms with Gasteiger partial charge in [-0.3, -0.25) is 29.2 Å². The van der Waals surface area contributed by atoms with Crippen LogP contribution in [0.5, 0.6) is 0 Å². The van der Waals surface area contributed by atoms with Gasteiger partial charge in [0.1, 0.15) is 0 Å². The first-order valence-corrected chi connectivity index (χ1v) is 15.2. The minimum Gasteiger partial charge on any atom is -0.858 e. The molecule has 1 aliphatic rings. The number of hydrogen-bond donors (Lipinski definition) is 3. The van der Waals surface area contributed by atoms with Crippen molar-refractivity contribution in [1.82, 2.24) is 10.5 Å². The second-order valence-electron chi connectivity index (χ2n) is 7.67. The van der Waals surface area contributed by atoms with Gasteiger partial charge in [0.15, 0.2) is 5.25 Å². The summed E-state index contributed by atoms with van der Waals surface area (Å²) in [6, 6.07) is 4.06. The van der Waals surface area contributed by atoms with Gasteiger partial charge in [-0.25, -0.2) is 10.2 Å². The van der Waals surface area contributed by atoms with Crippen LogP contribution in [0, 0.1) is 10.1 Å². The molecule has 1 unspecified atom stereocenters. The number of carbonyl (C=O) groups is 3. The Labute approximate surface area is 226 Å². The molecule has 0 bridgehead atoms. The summed E-state index contributed by atoms with van der Waals surface area (Å²) in [6.07, 6.45) is 0.864. The SMILES string of the molecule is CCCCNNc1ccc([N+](=O)[O-])c(C([O-])=NCCSSCCC(=O)ON2C(=O)CC(S(=O)(=O)O)C2=O)c1. The van der Waals surface area contributed by atoms with E-state index >= 15 is 0 Å². The van der Waals surface area contributed by atoms with Gasteiger partial charge in [0.2, 0.25) is 0 Å². The number of unbranched alkanes of at least 4 members (excludes halogenated alkanes) is 1. The smallest absolute Gasteiger partial charge is 0.334 e. The standard InChI is InChI=1S/C20H27N5O10S3/c1-2-3-7-22-23-13-4-5-15(25(30)31)14(11-13)19(28)21-8-10-37-36-9-6-18(27)35-24-17(26)12-16(20(24)29)38(32,33)34/h4-5,11,16,22-23H,2-3,6-10,12H2,1H3,(H,21,28)(H,32,33,34)/p-1. The number of hydrogen-bond acceptors (Lipinski definition) is 14. The van der Waals surface area contributed by atoms with Crippen molar-refractivity contribution >= 4 is 66.8 Å². The third kappa shape index (κ3) is 9.43. The van der Waals surface area contributed by atoms with Crippen LogP contribution in [-0.2, 0) is 29.3 Å². The quantitative estimate of drug-likeness (QED) is 0.0351. The number of anilines is 1. The number of benzene rings is 1. The van der Waals surface area contributed by atoms with Gasteiger partial charge in [-0.1, -0.05) is 34.9 Å². The van der Waals surface area contributed by atoms with Crippen LogP contribution in [0.3, 0.4) is 0 Å². The van der Waals surface area contributed by atoms with Crippen LogP contribution in [0.15, 0.2) is 23.2 Å². The van der Waals surface area contributed by atoms with Crippen molar-refractivity contribution < 1.29 is 42.2 Å². The third-order valence-electron chi connectivity index (χ3n) is 4.83. The first kappa shape index (κ1) is 31.3. The van der Waals surface area contributed by atoms with Crippen molar-refractivity contribution in [1.29, 1.82) is 0 Å². The highest BCUT2D eigenvalue weighted by Crippen LogP contribution is 2.25. The Morgan fingerprint density at radius 2 is 2.03 bits per heavy atom. The molecule has 1 aromatic carbocycles. The molecule has 0 saturated carbocycles. The second-order valence-corrected chi connectivity index (χ2v) is 12.0. The van der Waals surface area contributed by atoms with Gasteiger partial charge in [-0.2, -0.15) is 8.42 Å². The highest BCUT2D eigenvalue weighted by Gasteiger charge is 2.48. The molecule has 0 aliphatic carbocycles. The summed E-state index contributed by atoms with van der Waals surface area (Å²) >= 11 is 0. The number of aliphatic imine (C=N–C) groups is 1. The minimum atomic E-state index is -4.80. The lowest BCUT2D eigenvalue weighted by Crippen LogP contribution is -2.36. The zero-order valence-corrected chi connectivity index (χ0v) is 22.6. The predicted octanol–water partition coefficient (Wildman–Crippen LogP) is 0.663. The van der Waals surface area contributed by atoms with Crippen LogP contribution in [0.4, 0.5) is 11.4 Å². The molecule has 1 fully saturated rings. The number of nitrogens with zero attached hydrogens (tertiary/aromatic N) is 3. The predicted molar refractivity (Wildman–Crippen MR) is 138 cm³/mol. The number of imide groups is 1. The summed E-state index contributed by atoms with van der Waals surface area (Å²) in [4.78, 5) is 54.5. The summed E-state index contributed by atoms with van der Waals surface area (Å²) in [5.41, 5.74) is 5.81. The van der Waals surface area contributed by atoms with Gasteiger partial charge in [0.25, 0.3) is 27.6 Å². The lowest BCUT2D eigenvalue weighted by molar-refractivity contribution is -0.385. The third-order valence-corrected chi connectivity index (χ3v) is 8.30. The fourth-order valence-electron chi connectivity index (χ4n) is 2.95. The highest BCUT2D eigenvalue weighted by molar-refractivity contribution is 8.76. The lowest BCUT2D eigenvalue weighted by Gasteiger charge is -2.14. The average molecular weight is 593 g/mol. The second kappa shape index (κ2) is 14.9. The van der Waals surface area contributed by atoms with Gasteiger partial charge in [-0.05, 0) is 24.5 Å². The molecule has 1 aromatic rings.